The first-order valence-corrected chi connectivity index (χ1v) is 8.73. The zero-order valence-electron chi connectivity index (χ0n) is 13.9. The first kappa shape index (κ1) is 15.5. The summed E-state index contributed by atoms with van der Waals surface area (Å²) in [4.78, 5) is 17.2. The highest BCUT2D eigenvalue weighted by Crippen LogP contribution is 2.34. The van der Waals surface area contributed by atoms with E-state index in [4.69, 9.17) is 0 Å². The lowest BCUT2D eigenvalue weighted by atomic mass is 9.89. The van der Waals surface area contributed by atoms with E-state index in [1.54, 1.807) is 0 Å². The van der Waals surface area contributed by atoms with Gasteiger partial charge in [-0.1, -0.05) is 30.3 Å². The van der Waals surface area contributed by atoms with E-state index in [0.717, 1.165) is 32.5 Å². The van der Waals surface area contributed by atoms with Gasteiger partial charge in [-0.05, 0) is 57.7 Å². The molecule has 1 aromatic carbocycles. The van der Waals surface area contributed by atoms with Gasteiger partial charge in [-0.15, -0.1) is 0 Å². The van der Waals surface area contributed by atoms with Gasteiger partial charge in [0.2, 0.25) is 5.91 Å². The third-order valence-electron chi connectivity index (χ3n) is 5.37. The molecule has 2 aliphatic rings. The fraction of sp³-hybridized carbons (Fsp3) is 0.632. The Hall–Kier alpha value is -1.35. The van der Waals surface area contributed by atoms with Gasteiger partial charge in [-0.25, -0.2) is 0 Å². The van der Waals surface area contributed by atoms with Gasteiger partial charge in [0.15, 0.2) is 0 Å². The van der Waals surface area contributed by atoms with Crippen molar-refractivity contribution in [2.75, 3.05) is 19.6 Å². The Morgan fingerprint density at radius 2 is 1.77 bits per heavy atom. The van der Waals surface area contributed by atoms with Gasteiger partial charge >= 0.3 is 0 Å². The highest BCUT2D eigenvalue weighted by Gasteiger charge is 2.34. The maximum Gasteiger partial charge on any atom is 0.223 e. The monoisotopic (exact) mass is 300 g/mol. The largest absolute Gasteiger partial charge is 0.335 e. The number of likely N-dealkylation sites (tertiary alicyclic amines) is 2. The van der Waals surface area contributed by atoms with Gasteiger partial charge in [-0.2, -0.15) is 0 Å². The third-order valence-corrected chi connectivity index (χ3v) is 5.37. The molecule has 1 atom stereocenters. The van der Waals surface area contributed by atoms with E-state index in [2.05, 4.69) is 47.9 Å². The fourth-order valence-electron chi connectivity index (χ4n) is 3.75. The summed E-state index contributed by atoms with van der Waals surface area (Å²) in [7, 11) is 0. The van der Waals surface area contributed by atoms with Crippen LogP contribution < -0.4 is 0 Å². The molecule has 1 aromatic rings. The van der Waals surface area contributed by atoms with Crippen LogP contribution in [0.3, 0.4) is 0 Å². The molecule has 0 radical (unpaired) electrons. The summed E-state index contributed by atoms with van der Waals surface area (Å²) in [6, 6.07) is 11.4. The van der Waals surface area contributed by atoms with Crippen molar-refractivity contribution in [3.63, 3.8) is 0 Å². The number of amides is 1. The molecule has 3 rings (SSSR count). The first-order valence-electron chi connectivity index (χ1n) is 8.73. The minimum absolute atomic E-state index is 0.324. The molecule has 22 heavy (non-hydrogen) atoms. The van der Waals surface area contributed by atoms with Crippen molar-refractivity contribution >= 4 is 5.91 Å². The molecule has 3 heteroatoms. The number of piperidine rings is 1. The van der Waals surface area contributed by atoms with E-state index in [-0.39, 0.29) is 0 Å². The van der Waals surface area contributed by atoms with E-state index >= 15 is 0 Å². The Kier molecular flexibility index (Phi) is 4.82. The Balaban J connectivity index is 1.51. The summed E-state index contributed by atoms with van der Waals surface area (Å²) in [6.07, 6.45) is 4.21. The predicted octanol–water partition coefficient (Wildman–Crippen LogP) is 3.47. The minimum atomic E-state index is 0.324. The van der Waals surface area contributed by atoms with Gasteiger partial charge in [0.1, 0.15) is 0 Å². The molecule has 1 amide bonds. The maximum atomic E-state index is 12.6. The van der Waals surface area contributed by atoms with Gasteiger partial charge in [0.25, 0.3) is 0 Å². The van der Waals surface area contributed by atoms with Gasteiger partial charge in [0.05, 0.1) is 6.04 Å². The van der Waals surface area contributed by atoms with Gasteiger partial charge in [0, 0.05) is 19.0 Å². The van der Waals surface area contributed by atoms with Crippen LogP contribution in [0, 0.1) is 5.92 Å². The predicted molar refractivity (Wildman–Crippen MR) is 89.6 cm³/mol. The van der Waals surface area contributed by atoms with Crippen molar-refractivity contribution in [1.29, 1.82) is 0 Å². The molecule has 2 heterocycles. The molecule has 2 saturated heterocycles. The van der Waals surface area contributed by atoms with E-state index in [0.29, 0.717) is 23.9 Å². The first-order chi connectivity index (χ1) is 10.6. The SMILES string of the molecule is CC(C)N1CCC(CC(=O)N2CCC2c2ccccc2)CC1. The quantitative estimate of drug-likeness (QED) is 0.850. The van der Waals surface area contributed by atoms with Crippen LogP contribution in [0.5, 0.6) is 0 Å². The van der Waals surface area contributed by atoms with Crippen molar-refractivity contribution in [1.82, 2.24) is 9.80 Å². The second-order valence-corrected chi connectivity index (χ2v) is 7.08. The molecule has 0 aliphatic carbocycles. The molecule has 0 aromatic heterocycles. The average molecular weight is 300 g/mol. The van der Waals surface area contributed by atoms with Crippen molar-refractivity contribution in [2.45, 2.75) is 51.6 Å². The van der Waals surface area contributed by atoms with Crippen LogP contribution in [0.25, 0.3) is 0 Å². The molecule has 0 spiro atoms. The van der Waals surface area contributed by atoms with E-state index in [9.17, 15) is 4.79 Å². The number of hydrogen-bond acceptors (Lipinski definition) is 2. The zero-order chi connectivity index (χ0) is 15.5. The topological polar surface area (TPSA) is 23.6 Å². The van der Waals surface area contributed by atoms with Crippen LogP contribution >= 0.6 is 0 Å². The number of rotatable bonds is 4. The van der Waals surface area contributed by atoms with Gasteiger partial charge < -0.3 is 9.80 Å². The lowest BCUT2D eigenvalue weighted by Gasteiger charge is -2.42. The lowest BCUT2D eigenvalue weighted by molar-refractivity contribution is -0.140. The summed E-state index contributed by atoms with van der Waals surface area (Å²) >= 11 is 0. The van der Waals surface area contributed by atoms with Crippen molar-refractivity contribution < 1.29 is 4.79 Å². The van der Waals surface area contributed by atoms with Crippen LogP contribution in [0.1, 0.15) is 51.1 Å². The van der Waals surface area contributed by atoms with Gasteiger partial charge in [-0.3, -0.25) is 4.79 Å². The number of nitrogens with zero attached hydrogens (tertiary/aromatic N) is 2. The number of carbonyl (C=O) groups excluding carboxylic acids is 1. The van der Waals surface area contributed by atoms with Crippen LogP contribution in [0.4, 0.5) is 0 Å². The van der Waals surface area contributed by atoms with E-state index in [1.807, 2.05) is 6.07 Å². The summed E-state index contributed by atoms with van der Waals surface area (Å²) in [5, 5.41) is 0. The highest BCUT2D eigenvalue weighted by atomic mass is 16.2. The molecular weight excluding hydrogens is 272 g/mol. The molecule has 1 unspecified atom stereocenters. The lowest BCUT2D eigenvalue weighted by Crippen LogP contribution is -2.46. The molecule has 0 saturated carbocycles. The normalized spacial score (nSPS) is 23.6. The second-order valence-electron chi connectivity index (χ2n) is 7.08. The van der Waals surface area contributed by atoms with Crippen LogP contribution in [0.15, 0.2) is 30.3 Å². The zero-order valence-corrected chi connectivity index (χ0v) is 13.9. The Labute approximate surface area is 134 Å². The number of hydrogen-bond donors (Lipinski definition) is 0. The molecule has 0 bridgehead atoms. The molecule has 3 nitrogen and oxygen atoms in total. The summed E-state index contributed by atoms with van der Waals surface area (Å²) in [5.74, 6) is 0.947. The second kappa shape index (κ2) is 6.82. The Morgan fingerprint density at radius 3 is 2.32 bits per heavy atom. The number of carbonyl (C=O) groups is 1. The molecule has 120 valence electrons. The summed E-state index contributed by atoms with van der Waals surface area (Å²) < 4.78 is 0. The van der Waals surface area contributed by atoms with E-state index in [1.165, 1.54) is 18.4 Å². The minimum Gasteiger partial charge on any atom is -0.335 e. The average Bonchev–Trinajstić information content (AvgIpc) is 2.47. The fourth-order valence-corrected chi connectivity index (χ4v) is 3.75. The smallest absolute Gasteiger partial charge is 0.223 e. The molecule has 0 N–H and O–H groups in total. The molecular formula is C19H28N2O. The van der Waals surface area contributed by atoms with E-state index < -0.39 is 0 Å². The molecule has 2 aliphatic heterocycles. The summed E-state index contributed by atoms with van der Waals surface area (Å²) in [6.45, 7) is 7.75. The standard InChI is InChI=1S/C19H28N2O/c1-15(2)20-11-8-16(9-12-20)14-19(22)21-13-10-18(21)17-6-4-3-5-7-17/h3-7,15-16,18H,8-14H2,1-2H3. The van der Waals surface area contributed by atoms with Crippen LogP contribution in [-0.4, -0.2) is 41.4 Å². The highest BCUT2D eigenvalue weighted by molar-refractivity contribution is 5.77. The summed E-state index contributed by atoms with van der Waals surface area (Å²) in [5.41, 5.74) is 1.29. The third kappa shape index (κ3) is 3.35. The van der Waals surface area contributed by atoms with Crippen molar-refractivity contribution in [3.05, 3.63) is 35.9 Å². The van der Waals surface area contributed by atoms with Crippen LogP contribution in [-0.2, 0) is 4.79 Å². The maximum absolute atomic E-state index is 12.6. The Bertz CT molecular complexity index is 491. The van der Waals surface area contributed by atoms with Crippen LogP contribution in [0.2, 0.25) is 0 Å². The van der Waals surface area contributed by atoms with Crippen molar-refractivity contribution in [3.8, 4) is 0 Å². The number of benzene rings is 1. The Morgan fingerprint density at radius 1 is 1.09 bits per heavy atom. The van der Waals surface area contributed by atoms with Crippen molar-refractivity contribution in [2.24, 2.45) is 5.92 Å². The molecule has 2 fully saturated rings.